The highest BCUT2D eigenvalue weighted by molar-refractivity contribution is 9.11. The molecule has 7 heteroatoms. The fourth-order valence-electron chi connectivity index (χ4n) is 1.85. The summed E-state index contributed by atoms with van der Waals surface area (Å²) >= 11 is 16.0. The molecular formula is C13H9Br3ClFN2. The van der Waals surface area contributed by atoms with Crippen molar-refractivity contribution in [2.24, 2.45) is 5.84 Å². The molecule has 3 N–H and O–H groups in total. The average Bonchev–Trinajstić information content (AvgIpc) is 2.43. The van der Waals surface area contributed by atoms with E-state index in [1.54, 1.807) is 12.1 Å². The molecule has 1 atom stereocenters. The van der Waals surface area contributed by atoms with Crippen molar-refractivity contribution in [2.45, 2.75) is 6.04 Å². The molecule has 0 bridgehead atoms. The van der Waals surface area contributed by atoms with E-state index in [1.807, 2.05) is 18.2 Å². The van der Waals surface area contributed by atoms with Crippen LogP contribution < -0.4 is 11.3 Å². The minimum Gasteiger partial charge on any atom is -0.271 e. The van der Waals surface area contributed by atoms with Gasteiger partial charge < -0.3 is 0 Å². The van der Waals surface area contributed by atoms with Gasteiger partial charge in [-0.2, -0.15) is 0 Å². The molecule has 0 radical (unpaired) electrons. The van der Waals surface area contributed by atoms with Gasteiger partial charge in [0.05, 0.1) is 11.1 Å². The van der Waals surface area contributed by atoms with Crippen LogP contribution in [0.4, 0.5) is 4.39 Å². The van der Waals surface area contributed by atoms with Crippen molar-refractivity contribution in [1.29, 1.82) is 0 Å². The Hall–Kier alpha value is 0.0200. The Labute approximate surface area is 146 Å². The number of rotatable bonds is 3. The third-order valence-electron chi connectivity index (χ3n) is 2.81. The highest BCUT2D eigenvalue weighted by Gasteiger charge is 2.21. The maximum Gasteiger partial charge on any atom is 0.148 e. The number of hydrazine groups is 1. The molecule has 0 aliphatic carbocycles. The molecule has 2 aromatic rings. The summed E-state index contributed by atoms with van der Waals surface area (Å²) in [6.45, 7) is 0. The lowest BCUT2D eigenvalue weighted by Crippen LogP contribution is -2.30. The standard InChI is InChI=1S/C13H9Br3ClFN2/c14-6-1-3-9(15)8(5-6)13(20-19)7-2-4-10(16)11(17)12(7)18/h1-5,13,20H,19H2. The second-order valence-electron chi connectivity index (χ2n) is 4.03. The topological polar surface area (TPSA) is 38.0 Å². The van der Waals surface area contributed by atoms with Crippen LogP contribution in [0, 0.1) is 5.82 Å². The summed E-state index contributed by atoms with van der Waals surface area (Å²) in [7, 11) is 0. The van der Waals surface area contributed by atoms with Crippen LogP contribution >= 0.6 is 59.4 Å². The Morgan fingerprint density at radius 1 is 1.05 bits per heavy atom. The number of nitrogens with one attached hydrogen (secondary N) is 1. The van der Waals surface area contributed by atoms with Gasteiger partial charge in [0.15, 0.2) is 0 Å². The van der Waals surface area contributed by atoms with Crippen LogP contribution in [0.3, 0.4) is 0 Å². The van der Waals surface area contributed by atoms with Crippen LogP contribution in [0.2, 0.25) is 5.02 Å². The van der Waals surface area contributed by atoms with Gasteiger partial charge in [0.2, 0.25) is 0 Å². The van der Waals surface area contributed by atoms with E-state index in [-0.39, 0.29) is 5.02 Å². The summed E-state index contributed by atoms with van der Waals surface area (Å²) in [4.78, 5) is 0. The van der Waals surface area contributed by atoms with Crippen molar-refractivity contribution in [3.63, 3.8) is 0 Å². The quantitative estimate of drug-likeness (QED) is 0.350. The number of hydrogen-bond donors (Lipinski definition) is 2. The first-order valence-corrected chi connectivity index (χ1v) is 8.26. The van der Waals surface area contributed by atoms with Crippen LogP contribution in [-0.4, -0.2) is 0 Å². The molecule has 0 aliphatic rings. The van der Waals surface area contributed by atoms with E-state index in [0.29, 0.717) is 10.0 Å². The molecule has 20 heavy (non-hydrogen) atoms. The SMILES string of the molecule is NNC(c1cc(Br)ccc1Br)c1ccc(Br)c(Cl)c1F. The third-order valence-corrected chi connectivity index (χ3v) is 5.29. The van der Waals surface area contributed by atoms with E-state index in [9.17, 15) is 4.39 Å². The van der Waals surface area contributed by atoms with Crippen LogP contribution in [0.1, 0.15) is 17.2 Å². The molecule has 0 spiro atoms. The van der Waals surface area contributed by atoms with Gasteiger partial charge in [0, 0.05) is 19.0 Å². The fraction of sp³-hybridized carbons (Fsp3) is 0.0769. The highest BCUT2D eigenvalue weighted by atomic mass is 79.9. The predicted molar refractivity (Wildman–Crippen MR) is 90.1 cm³/mol. The molecule has 1 unspecified atom stereocenters. The Morgan fingerprint density at radius 3 is 2.35 bits per heavy atom. The zero-order valence-corrected chi connectivity index (χ0v) is 15.4. The van der Waals surface area contributed by atoms with Crippen molar-refractivity contribution >= 4 is 59.4 Å². The molecule has 0 fully saturated rings. The minimum absolute atomic E-state index is 0.0360. The van der Waals surface area contributed by atoms with Crippen LogP contribution in [0.25, 0.3) is 0 Å². The summed E-state index contributed by atoms with van der Waals surface area (Å²) in [6, 6.07) is 8.42. The molecule has 0 saturated heterocycles. The van der Waals surface area contributed by atoms with Gasteiger partial charge in [-0.25, -0.2) is 9.82 Å². The molecule has 106 valence electrons. The lowest BCUT2D eigenvalue weighted by atomic mass is 9.99. The Balaban J connectivity index is 2.58. The highest BCUT2D eigenvalue weighted by Crippen LogP contribution is 2.35. The van der Waals surface area contributed by atoms with Crippen molar-refractivity contribution in [1.82, 2.24) is 5.43 Å². The van der Waals surface area contributed by atoms with Gasteiger partial charge in [0.25, 0.3) is 0 Å². The van der Waals surface area contributed by atoms with Gasteiger partial charge in [-0.15, -0.1) is 0 Å². The third kappa shape index (κ3) is 3.26. The molecule has 2 aromatic carbocycles. The molecule has 0 aliphatic heterocycles. The van der Waals surface area contributed by atoms with Crippen molar-refractivity contribution in [2.75, 3.05) is 0 Å². The lowest BCUT2D eigenvalue weighted by molar-refractivity contribution is 0.559. The number of hydrogen-bond acceptors (Lipinski definition) is 2. The van der Waals surface area contributed by atoms with Crippen molar-refractivity contribution < 1.29 is 4.39 Å². The molecule has 0 aromatic heterocycles. The zero-order chi connectivity index (χ0) is 14.9. The largest absolute Gasteiger partial charge is 0.271 e. The minimum atomic E-state index is -0.521. The lowest BCUT2D eigenvalue weighted by Gasteiger charge is -2.20. The van der Waals surface area contributed by atoms with E-state index < -0.39 is 11.9 Å². The molecule has 0 saturated carbocycles. The average molecular weight is 487 g/mol. The van der Waals surface area contributed by atoms with E-state index in [1.165, 1.54) is 0 Å². The van der Waals surface area contributed by atoms with Crippen LogP contribution in [-0.2, 0) is 0 Å². The number of benzene rings is 2. The summed E-state index contributed by atoms with van der Waals surface area (Å²) in [5, 5.41) is 0.0360. The van der Waals surface area contributed by atoms with E-state index in [0.717, 1.165) is 14.5 Å². The maximum absolute atomic E-state index is 14.3. The zero-order valence-electron chi connectivity index (χ0n) is 9.93. The Kier molecular flexibility index (Phi) is 5.62. The van der Waals surface area contributed by atoms with Crippen molar-refractivity contribution in [3.05, 3.63) is 65.7 Å². The smallest absolute Gasteiger partial charge is 0.148 e. The predicted octanol–water partition coefficient (Wildman–Crippen LogP) is 5.32. The Bertz CT molecular complexity index is 652. The first-order valence-electron chi connectivity index (χ1n) is 5.50. The number of halogens is 5. The molecule has 0 amide bonds. The maximum atomic E-state index is 14.3. The summed E-state index contributed by atoms with van der Waals surface area (Å²) in [5.74, 6) is 5.10. The second kappa shape index (κ2) is 6.85. The second-order valence-corrected chi connectivity index (χ2v) is 7.03. The first-order chi connectivity index (χ1) is 9.45. The van der Waals surface area contributed by atoms with Crippen LogP contribution in [0.15, 0.2) is 43.7 Å². The first kappa shape index (κ1) is 16.4. The fourth-order valence-corrected chi connectivity index (χ4v) is 3.18. The summed E-state index contributed by atoms with van der Waals surface area (Å²) in [6.07, 6.45) is 0. The van der Waals surface area contributed by atoms with Crippen LogP contribution in [0.5, 0.6) is 0 Å². The normalized spacial score (nSPS) is 12.5. The Morgan fingerprint density at radius 2 is 1.70 bits per heavy atom. The van der Waals surface area contributed by atoms with E-state index in [4.69, 9.17) is 17.4 Å². The number of nitrogens with two attached hydrogens (primary N) is 1. The van der Waals surface area contributed by atoms with Gasteiger partial charge in [-0.3, -0.25) is 5.84 Å². The molecule has 2 nitrogen and oxygen atoms in total. The van der Waals surface area contributed by atoms with Crippen molar-refractivity contribution in [3.8, 4) is 0 Å². The van der Waals surface area contributed by atoms with Gasteiger partial charge in [-0.1, -0.05) is 49.5 Å². The molecule has 2 rings (SSSR count). The van der Waals surface area contributed by atoms with E-state index in [2.05, 4.69) is 53.2 Å². The van der Waals surface area contributed by atoms with Gasteiger partial charge in [0.1, 0.15) is 5.82 Å². The summed E-state index contributed by atoms with van der Waals surface area (Å²) < 4.78 is 16.5. The monoisotopic (exact) mass is 484 g/mol. The van der Waals surface area contributed by atoms with Gasteiger partial charge >= 0.3 is 0 Å². The molecular weight excluding hydrogens is 478 g/mol. The molecule has 0 heterocycles. The summed E-state index contributed by atoms with van der Waals surface area (Å²) in [5.41, 5.74) is 3.80. The van der Waals surface area contributed by atoms with Gasteiger partial charge in [-0.05, 0) is 45.8 Å². The van der Waals surface area contributed by atoms with E-state index >= 15 is 0 Å².